The lowest BCUT2D eigenvalue weighted by atomic mass is 9.89. The van der Waals surface area contributed by atoms with Crippen LogP contribution in [0.1, 0.15) is 64.4 Å². The third kappa shape index (κ3) is 5.41. The van der Waals surface area contributed by atoms with E-state index in [2.05, 4.69) is 24.4 Å². The Morgan fingerprint density at radius 3 is 2.40 bits per heavy atom. The Kier molecular flexibility index (Phi) is 7.51. The number of anilines is 1. The van der Waals surface area contributed by atoms with Crippen molar-refractivity contribution < 1.29 is 14.4 Å². The van der Waals surface area contributed by atoms with E-state index in [1.807, 2.05) is 24.1 Å². The number of carbonyl (C=O) groups is 3. The summed E-state index contributed by atoms with van der Waals surface area (Å²) in [5.74, 6) is -0.188. The second-order valence-electron chi connectivity index (χ2n) is 8.83. The molecule has 3 amide bonds. The van der Waals surface area contributed by atoms with Gasteiger partial charge in [-0.15, -0.1) is 0 Å². The van der Waals surface area contributed by atoms with Gasteiger partial charge in [-0.25, -0.2) is 0 Å². The minimum atomic E-state index is -0.282. The largest absolute Gasteiger partial charge is 0.354 e. The Balaban J connectivity index is 1.55. The van der Waals surface area contributed by atoms with Crippen molar-refractivity contribution in [1.82, 2.24) is 10.2 Å². The van der Waals surface area contributed by atoms with E-state index >= 15 is 0 Å². The molecule has 0 bridgehead atoms. The average Bonchev–Trinajstić information content (AvgIpc) is 3.13. The number of rotatable bonds is 7. The van der Waals surface area contributed by atoms with Crippen LogP contribution in [0.25, 0.3) is 0 Å². The standard InChI is InChI=1S/C24H35N3O3/c1-4-5-6-18-7-11-22(12-8-18)27-16-19(15-23(27)29)24(30)26(3)21-13-9-20(10-14-21)25-17(2)28/h7-8,11-12,19-21H,4-6,9-10,13-16H2,1-3H3,(H,25,28). The topological polar surface area (TPSA) is 69.7 Å². The fraction of sp³-hybridized carbons (Fsp3) is 0.625. The number of nitrogens with one attached hydrogen (secondary N) is 1. The molecule has 1 heterocycles. The lowest BCUT2D eigenvalue weighted by Crippen LogP contribution is -2.46. The van der Waals surface area contributed by atoms with Crippen molar-refractivity contribution in [2.24, 2.45) is 5.92 Å². The van der Waals surface area contributed by atoms with E-state index in [4.69, 9.17) is 0 Å². The van der Waals surface area contributed by atoms with Crippen LogP contribution in [0, 0.1) is 5.92 Å². The number of hydrogen-bond acceptors (Lipinski definition) is 3. The maximum Gasteiger partial charge on any atom is 0.228 e. The van der Waals surface area contributed by atoms with Crippen LogP contribution in [-0.4, -0.2) is 48.3 Å². The molecule has 2 aliphatic rings. The first-order valence-corrected chi connectivity index (χ1v) is 11.3. The Hall–Kier alpha value is -2.37. The van der Waals surface area contributed by atoms with Gasteiger partial charge in [0.15, 0.2) is 0 Å². The molecule has 1 aromatic rings. The van der Waals surface area contributed by atoms with Crippen molar-refractivity contribution in [1.29, 1.82) is 0 Å². The van der Waals surface area contributed by atoms with E-state index < -0.39 is 0 Å². The highest BCUT2D eigenvalue weighted by Crippen LogP contribution is 2.29. The van der Waals surface area contributed by atoms with Gasteiger partial charge in [-0.3, -0.25) is 14.4 Å². The van der Waals surface area contributed by atoms with E-state index in [0.29, 0.717) is 6.54 Å². The van der Waals surface area contributed by atoms with E-state index in [1.54, 1.807) is 11.8 Å². The first-order chi connectivity index (χ1) is 14.4. The van der Waals surface area contributed by atoms with Gasteiger partial charge < -0.3 is 15.1 Å². The average molecular weight is 414 g/mol. The fourth-order valence-corrected chi connectivity index (χ4v) is 4.71. The van der Waals surface area contributed by atoms with Gasteiger partial charge in [0.1, 0.15) is 0 Å². The Labute approximate surface area is 180 Å². The predicted octanol–water partition coefficient (Wildman–Crippen LogP) is 3.29. The summed E-state index contributed by atoms with van der Waals surface area (Å²) in [6.07, 6.45) is 7.22. The third-order valence-electron chi connectivity index (χ3n) is 6.54. The molecule has 0 spiro atoms. The van der Waals surface area contributed by atoms with Gasteiger partial charge in [0.25, 0.3) is 0 Å². The van der Waals surface area contributed by atoms with Crippen LogP contribution >= 0.6 is 0 Å². The van der Waals surface area contributed by atoms with Crippen LogP contribution in [-0.2, 0) is 20.8 Å². The summed E-state index contributed by atoms with van der Waals surface area (Å²) in [6, 6.07) is 8.58. The van der Waals surface area contributed by atoms with Crippen molar-refractivity contribution in [2.75, 3.05) is 18.5 Å². The molecule has 1 unspecified atom stereocenters. The van der Waals surface area contributed by atoms with Gasteiger partial charge in [-0.05, 0) is 56.2 Å². The monoisotopic (exact) mass is 413 g/mol. The molecule has 1 aliphatic carbocycles. The SMILES string of the molecule is CCCCc1ccc(N2CC(C(=O)N(C)C3CCC(NC(C)=O)CC3)CC2=O)cc1. The molecule has 3 rings (SSSR count). The van der Waals surface area contributed by atoms with E-state index in [0.717, 1.165) is 44.2 Å². The van der Waals surface area contributed by atoms with Gasteiger partial charge in [0.05, 0.1) is 5.92 Å². The number of unbranched alkanes of at least 4 members (excludes halogenated alkanes) is 1. The molecule has 6 heteroatoms. The summed E-state index contributed by atoms with van der Waals surface area (Å²) >= 11 is 0. The van der Waals surface area contributed by atoms with Gasteiger partial charge in [-0.1, -0.05) is 25.5 Å². The lowest BCUT2D eigenvalue weighted by molar-refractivity contribution is -0.137. The van der Waals surface area contributed by atoms with Crippen LogP contribution in [0.5, 0.6) is 0 Å². The number of hydrogen-bond donors (Lipinski definition) is 1. The molecule has 1 saturated carbocycles. The smallest absolute Gasteiger partial charge is 0.228 e. The molecule has 1 N–H and O–H groups in total. The Morgan fingerprint density at radius 2 is 1.80 bits per heavy atom. The summed E-state index contributed by atoms with van der Waals surface area (Å²) in [5.41, 5.74) is 2.17. The van der Waals surface area contributed by atoms with Crippen LogP contribution in [0.3, 0.4) is 0 Å². The fourth-order valence-electron chi connectivity index (χ4n) is 4.71. The van der Waals surface area contributed by atoms with Gasteiger partial charge in [-0.2, -0.15) is 0 Å². The molecule has 0 radical (unpaired) electrons. The normalized spacial score (nSPS) is 24.0. The summed E-state index contributed by atoms with van der Waals surface area (Å²) < 4.78 is 0. The zero-order valence-electron chi connectivity index (χ0n) is 18.5. The molecule has 1 aliphatic heterocycles. The second kappa shape index (κ2) is 10.1. The summed E-state index contributed by atoms with van der Waals surface area (Å²) in [5, 5.41) is 2.98. The molecule has 2 fully saturated rings. The van der Waals surface area contributed by atoms with Crippen molar-refractivity contribution in [2.45, 2.75) is 77.3 Å². The van der Waals surface area contributed by atoms with Gasteiger partial charge >= 0.3 is 0 Å². The summed E-state index contributed by atoms with van der Waals surface area (Å²) in [7, 11) is 1.86. The lowest BCUT2D eigenvalue weighted by Gasteiger charge is -2.36. The van der Waals surface area contributed by atoms with Crippen LogP contribution in [0.4, 0.5) is 5.69 Å². The van der Waals surface area contributed by atoms with E-state index in [1.165, 1.54) is 12.0 Å². The zero-order chi connectivity index (χ0) is 21.7. The molecule has 0 aromatic heterocycles. The molecule has 30 heavy (non-hydrogen) atoms. The van der Waals surface area contributed by atoms with Gasteiger partial charge in [0, 0.05) is 44.7 Å². The highest BCUT2D eigenvalue weighted by Gasteiger charge is 2.38. The number of aryl methyl sites for hydroxylation is 1. The highest BCUT2D eigenvalue weighted by molar-refractivity contribution is 6.00. The van der Waals surface area contributed by atoms with Crippen molar-refractivity contribution >= 4 is 23.4 Å². The van der Waals surface area contributed by atoms with Crippen molar-refractivity contribution in [3.05, 3.63) is 29.8 Å². The third-order valence-corrected chi connectivity index (χ3v) is 6.54. The minimum absolute atomic E-state index is 0.00540. The maximum atomic E-state index is 13.1. The molecule has 1 saturated heterocycles. The summed E-state index contributed by atoms with van der Waals surface area (Å²) in [4.78, 5) is 40.5. The minimum Gasteiger partial charge on any atom is -0.354 e. The first-order valence-electron chi connectivity index (χ1n) is 11.3. The maximum absolute atomic E-state index is 13.1. The Bertz CT molecular complexity index is 753. The number of amides is 3. The van der Waals surface area contributed by atoms with E-state index in [9.17, 15) is 14.4 Å². The first kappa shape index (κ1) is 22.3. The van der Waals surface area contributed by atoms with Gasteiger partial charge in [0.2, 0.25) is 17.7 Å². The second-order valence-corrected chi connectivity index (χ2v) is 8.83. The molecule has 1 atom stereocenters. The van der Waals surface area contributed by atoms with Crippen LogP contribution < -0.4 is 10.2 Å². The quantitative estimate of drug-likeness (QED) is 0.746. The highest BCUT2D eigenvalue weighted by atomic mass is 16.2. The van der Waals surface area contributed by atoms with Crippen LogP contribution in [0.15, 0.2) is 24.3 Å². The van der Waals surface area contributed by atoms with Crippen molar-refractivity contribution in [3.8, 4) is 0 Å². The molecule has 1 aromatic carbocycles. The number of carbonyl (C=O) groups excluding carboxylic acids is 3. The molecule has 164 valence electrons. The molecule has 6 nitrogen and oxygen atoms in total. The molecular formula is C24H35N3O3. The number of benzene rings is 1. The number of nitrogens with zero attached hydrogens (tertiary/aromatic N) is 2. The van der Waals surface area contributed by atoms with Crippen LogP contribution in [0.2, 0.25) is 0 Å². The molecular weight excluding hydrogens is 378 g/mol. The van der Waals surface area contributed by atoms with Crippen molar-refractivity contribution in [3.63, 3.8) is 0 Å². The predicted molar refractivity (Wildman–Crippen MR) is 118 cm³/mol. The zero-order valence-corrected chi connectivity index (χ0v) is 18.5. The summed E-state index contributed by atoms with van der Waals surface area (Å²) in [6.45, 7) is 4.18. The Morgan fingerprint density at radius 1 is 1.13 bits per heavy atom. The van der Waals surface area contributed by atoms with E-state index in [-0.39, 0.29) is 42.1 Å².